The van der Waals surface area contributed by atoms with E-state index in [0.717, 1.165) is 18.7 Å². The second kappa shape index (κ2) is 3.01. The van der Waals surface area contributed by atoms with E-state index in [2.05, 4.69) is 22.5 Å². The first-order valence-electron chi connectivity index (χ1n) is 4.34. The van der Waals surface area contributed by atoms with E-state index in [1.54, 1.807) is 0 Å². The highest BCUT2D eigenvalue weighted by Gasteiger charge is 2.14. The Kier molecular flexibility index (Phi) is 1.86. The van der Waals surface area contributed by atoms with E-state index in [1.165, 1.54) is 5.69 Å². The Hall–Kier alpha value is -1.25. The van der Waals surface area contributed by atoms with E-state index in [0.29, 0.717) is 6.04 Å². The van der Waals surface area contributed by atoms with Gasteiger partial charge in [-0.3, -0.25) is 4.98 Å². The highest BCUT2D eigenvalue weighted by Crippen LogP contribution is 2.24. The van der Waals surface area contributed by atoms with E-state index >= 15 is 0 Å². The summed E-state index contributed by atoms with van der Waals surface area (Å²) >= 11 is 0. The molecule has 1 atom stereocenters. The van der Waals surface area contributed by atoms with Crippen LogP contribution in [0.2, 0.25) is 0 Å². The number of rotatable bonds is 1. The summed E-state index contributed by atoms with van der Waals surface area (Å²) in [7, 11) is 0. The van der Waals surface area contributed by atoms with E-state index in [4.69, 9.17) is 0 Å². The van der Waals surface area contributed by atoms with Crippen molar-refractivity contribution in [1.82, 2.24) is 4.98 Å². The maximum absolute atomic E-state index is 4.05. The molecule has 64 valence electrons. The number of nitrogens with zero attached hydrogens (tertiary/aromatic N) is 1. The first-order chi connectivity index (χ1) is 5.90. The molecule has 1 aliphatic rings. The van der Waals surface area contributed by atoms with Crippen molar-refractivity contribution in [1.29, 1.82) is 0 Å². The Morgan fingerprint density at radius 1 is 1.58 bits per heavy atom. The second-order valence-corrected chi connectivity index (χ2v) is 3.05. The fourth-order valence-electron chi connectivity index (χ4n) is 1.41. The summed E-state index contributed by atoms with van der Waals surface area (Å²) in [6.07, 6.45) is 4.81. The standard InChI is InChI=1S/C9H13N3/c1-2-7-5-11-9-6-10-4-3-8(9)12-7/h3-4,6-7,11-12H,2,5H2,1H3. The van der Waals surface area contributed by atoms with Crippen molar-refractivity contribution < 1.29 is 0 Å². The van der Waals surface area contributed by atoms with Crippen molar-refractivity contribution in [3.8, 4) is 0 Å². The highest BCUT2D eigenvalue weighted by molar-refractivity contribution is 5.69. The molecule has 0 saturated heterocycles. The summed E-state index contributed by atoms with van der Waals surface area (Å²) in [6.45, 7) is 3.18. The average Bonchev–Trinajstić information content (AvgIpc) is 2.17. The Balaban J connectivity index is 2.23. The van der Waals surface area contributed by atoms with Crippen LogP contribution in [-0.4, -0.2) is 17.6 Å². The third-order valence-electron chi connectivity index (χ3n) is 2.21. The largest absolute Gasteiger partial charge is 0.380 e. The number of hydrogen-bond donors (Lipinski definition) is 2. The summed E-state index contributed by atoms with van der Waals surface area (Å²) in [5.41, 5.74) is 2.28. The minimum absolute atomic E-state index is 0.555. The molecule has 2 heterocycles. The fraction of sp³-hybridized carbons (Fsp3) is 0.444. The van der Waals surface area contributed by atoms with Crippen molar-refractivity contribution in [2.24, 2.45) is 0 Å². The lowest BCUT2D eigenvalue weighted by atomic mass is 10.1. The molecule has 0 spiro atoms. The Morgan fingerprint density at radius 3 is 3.33 bits per heavy atom. The number of fused-ring (bicyclic) bond motifs is 1. The molecule has 3 nitrogen and oxygen atoms in total. The van der Waals surface area contributed by atoms with Gasteiger partial charge in [0.1, 0.15) is 0 Å². The molecule has 0 saturated carbocycles. The van der Waals surface area contributed by atoms with Crippen LogP contribution in [0.15, 0.2) is 18.5 Å². The van der Waals surface area contributed by atoms with Gasteiger partial charge >= 0.3 is 0 Å². The molecular weight excluding hydrogens is 150 g/mol. The Bertz CT molecular complexity index is 272. The van der Waals surface area contributed by atoms with Gasteiger partial charge in [-0.25, -0.2) is 0 Å². The van der Waals surface area contributed by atoms with Crippen molar-refractivity contribution in [2.75, 3.05) is 17.2 Å². The van der Waals surface area contributed by atoms with E-state index in [9.17, 15) is 0 Å². The minimum Gasteiger partial charge on any atom is -0.380 e. The van der Waals surface area contributed by atoms with Crippen LogP contribution in [0.4, 0.5) is 11.4 Å². The van der Waals surface area contributed by atoms with Gasteiger partial charge < -0.3 is 10.6 Å². The number of pyridine rings is 1. The quantitative estimate of drug-likeness (QED) is 0.661. The predicted octanol–water partition coefficient (Wildman–Crippen LogP) is 1.70. The average molecular weight is 163 g/mol. The van der Waals surface area contributed by atoms with Crippen molar-refractivity contribution in [3.63, 3.8) is 0 Å². The van der Waals surface area contributed by atoms with Crippen molar-refractivity contribution in [3.05, 3.63) is 18.5 Å². The van der Waals surface area contributed by atoms with Crippen molar-refractivity contribution >= 4 is 11.4 Å². The molecule has 3 heteroatoms. The van der Waals surface area contributed by atoms with E-state index in [1.807, 2.05) is 18.5 Å². The van der Waals surface area contributed by atoms with Crippen LogP contribution in [0.3, 0.4) is 0 Å². The molecule has 12 heavy (non-hydrogen) atoms. The first-order valence-corrected chi connectivity index (χ1v) is 4.34. The van der Waals surface area contributed by atoms with Gasteiger partial charge in [0.2, 0.25) is 0 Å². The molecule has 0 bridgehead atoms. The zero-order valence-electron chi connectivity index (χ0n) is 7.17. The molecule has 0 amide bonds. The lowest BCUT2D eigenvalue weighted by Crippen LogP contribution is -2.32. The van der Waals surface area contributed by atoms with Gasteiger partial charge in [-0.15, -0.1) is 0 Å². The van der Waals surface area contributed by atoms with Crippen LogP contribution < -0.4 is 10.6 Å². The first kappa shape index (κ1) is 7.40. The third-order valence-corrected chi connectivity index (χ3v) is 2.21. The molecule has 1 aliphatic heterocycles. The zero-order chi connectivity index (χ0) is 8.39. The lowest BCUT2D eigenvalue weighted by Gasteiger charge is -2.26. The van der Waals surface area contributed by atoms with Crippen LogP contribution >= 0.6 is 0 Å². The monoisotopic (exact) mass is 163 g/mol. The number of hydrogen-bond acceptors (Lipinski definition) is 3. The second-order valence-electron chi connectivity index (χ2n) is 3.05. The fourth-order valence-corrected chi connectivity index (χ4v) is 1.41. The lowest BCUT2D eigenvalue weighted by molar-refractivity contribution is 0.712. The molecule has 0 radical (unpaired) electrons. The number of anilines is 2. The molecule has 0 aliphatic carbocycles. The maximum Gasteiger partial charge on any atom is 0.0763 e. The molecule has 0 aromatic carbocycles. The van der Waals surface area contributed by atoms with Gasteiger partial charge in [0.15, 0.2) is 0 Å². The zero-order valence-corrected chi connectivity index (χ0v) is 7.17. The molecule has 1 unspecified atom stereocenters. The van der Waals surface area contributed by atoms with E-state index in [-0.39, 0.29) is 0 Å². The van der Waals surface area contributed by atoms with Crippen molar-refractivity contribution in [2.45, 2.75) is 19.4 Å². The maximum atomic E-state index is 4.05. The Labute approximate surface area is 72.2 Å². The SMILES string of the molecule is CCC1CNc2cnccc2N1. The van der Waals surface area contributed by atoms with E-state index < -0.39 is 0 Å². The molecular formula is C9H13N3. The molecule has 0 fully saturated rings. The minimum atomic E-state index is 0.555. The third kappa shape index (κ3) is 1.22. The summed E-state index contributed by atoms with van der Waals surface area (Å²) < 4.78 is 0. The van der Waals surface area contributed by atoms with Crippen LogP contribution in [0.1, 0.15) is 13.3 Å². The topological polar surface area (TPSA) is 37.0 Å². The summed E-state index contributed by atoms with van der Waals surface area (Å²) in [5.74, 6) is 0. The Morgan fingerprint density at radius 2 is 2.50 bits per heavy atom. The van der Waals surface area contributed by atoms with Crippen LogP contribution in [0.25, 0.3) is 0 Å². The number of nitrogens with one attached hydrogen (secondary N) is 2. The van der Waals surface area contributed by atoms with Gasteiger partial charge in [0, 0.05) is 18.8 Å². The van der Waals surface area contributed by atoms with Gasteiger partial charge in [-0.2, -0.15) is 0 Å². The summed E-state index contributed by atoms with van der Waals surface area (Å²) in [4.78, 5) is 4.05. The van der Waals surface area contributed by atoms with Gasteiger partial charge in [-0.05, 0) is 12.5 Å². The van der Waals surface area contributed by atoms with Crippen LogP contribution in [0.5, 0.6) is 0 Å². The van der Waals surface area contributed by atoms with Gasteiger partial charge in [0.25, 0.3) is 0 Å². The summed E-state index contributed by atoms with van der Waals surface area (Å²) in [5, 5.41) is 6.78. The van der Waals surface area contributed by atoms with Gasteiger partial charge in [-0.1, -0.05) is 6.92 Å². The van der Waals surface area contributed by atoms with Gasteiger partial charge in [0.05, 0.1) is 17.6 Å². The normalized spacial score (nSPS) is 20.6. The number of aromatic nitrogens is 1. The predicted molar refractivity (Wildman–Crippen MR) is 50.4 cm³/mol. The smallest absolute Gasteiger partial charge is 0.0763 e. The molecule has 2 rings (SSSR count). The molecule has 1 aromatic rings. The van der Waals surface area contributed by atoms with Crippen LogP contribution in [-0.2, 0) is 0 Å². The highest BCUT2D eigenvalue weighted by atomic mass is 15.1. The summed E-state index contributed by atoms with van der Waals surface area (Å²) in [6, 6.07) is 2.56. The molecule has 2 N–H and O–H groups in total. The van der Waals surface area contributed by atoms with Crippen LogP contribution in [0, 0.1) is 0 Å². The molecule has 1 aromatic heterocycles.